The zero-order valence-corrected chi connectivity index (χ0v) is 17.7. The predicted molar refractivity (Wildman–Crippen MR) is 113 cm³/mol. The van der Waals surface area contributed by atoms with Gasteiger partial charge in [0.2, 0.25) is 5.91 Å². The van der Waals surface area contributed by atoms with E-state index in [4.69, 9.17) is 4.84 Å². The molecule has 156 valence electrons. The van der Waals surface area contributed by atoms with Crippen molar-refractivity contribution in [3.63, 3.8) is 0 Å². The van der Waals surface area contributed by atoms with Crippen LogP contribution in [-0.4, -0.2) is 73.2 Å². The van der Waals surface area contributed by atoms with Crippen molar-refractivity contribution in [1.29, 1.82) is 0 Å². The van der Waals surface area contributed by atoms with Crippen molar-refractivity contribution >= 4 is 5.91 Å². The van der Waals surface area contributed by atoms with E-state index >= 15 is 0 Å². The van der Waals surface area contributed by atoms with Crippen LogP contribution in [0.15, 0.2) is 24.3 Å². The minimum absolute atomic E-state index is 0.278. The molecule has 28 heavy (non-hydrogen) atoms. The molecule has 1 aromatic rings. The van der Waals surface area contributed by atoms with E-state index in [9.17, 15) is 4.79 Å². The summed E-state index contributed by atoms with van der Waals surface area (Å²) in [6.07, 6.45) is 5.19. The van der Waals surface area contributed by atoms with E-state index in [0.29, 0.717) is 12.3 Å². The number of hydrogen-bond donors (Lipinski definition) is 0. The largest absolute Gasteiger partial charge is 0.343 e. The lowest BCUT2D eigenvalue weighted by atomic mass is 9.95. The molecule has 5 nitrogen and oxygen atoms in total. The van der Waals surface area contributed by atoms with E-state index in [-0.39, 0.29) is 5.91 Å². The predicted octanol–water partition coefficient (Wildman–Crippen LogP) is 3.13. The van der Waals surface area contributed by atoms with Gasteiger partial charge < -0.3 is 9.80 Å². The molecule has 0 bridgehead atoms. The van der Waals surface area contributed by atoms with E-state index in [0.717, 1.165) is 65.3 Å². The fourth-order valence-corrected chi connectivity index (χ4v) is 4.33. The highest BCUT2D eigenvalue weighted by Gasteiger charge is 2.23. The van der Waals surface area contributed by atoms with Crippen LogP contribution in [-0.2, 0) is 16.1 Å². The molecule has 1 aromatic carbocycles. The van der Waals surface area contributed by atoms with E-state index in [1.54, 1.807) is 0 Å². The van der Waals surface area contributed by atoms with Crippen LogP contribution in [0.4, 0.5) is 0 Å². The summed E-state index contributed by atoms with van der Waals surface area (Å²) in [6, 6.07) is 8.71. The normalized spacial score (nSPS) is 19.2. The molecule has 0 aromatic heterocycles. The molecule has 2 saturated heterocycles. The molecular weight excluding hydrogens is 350 g/mol. The van der Waals surface area contributed by atoms with Gasteiger partial charge in [-0.25, -0.2) is 0 Å². The number of amides is 1. The summed E-state index contributed by atoms with van der Waals surface area (Å²) in [7, 11) is 0. The zero-order valence-electron chi connectivity index (χ0n) is 17.7. The zero-order chi connectivity index (χ0) is 19.8. The summed E-state index contributed by atoms with van der Waals surface area (Å²) in [5, 5.41) is 1.94. The number of likely N-dealkylation sites (tertiary alicyclic amines) is 1. The topological polar surface area (TPSA) is 36.0 Å². The number of nitrogens with zero attached hydrogens (tertiary/aromatic N) is 3. The molecule has 0 saturated carbocycles. The van der Waals surface area contributed by atoms with E-state index in [1.165, 1.54) is 24.0 Å². The second-order valence-corrected chi connectivity index (χ2v) is 8.26. The Morgan fingerprint density at radius 1 is 1.18 bits per heavy atom. The van der Waals surface area contributed by atoms with Gasteiger partial charge in [0.15, 0.2) is 0 Å². The molecule has 0 N–H and O–H groups in total. The third-order valence-corrected chi connectivity index (χ3v) is 6.28. The number of aryl methyl sites for hydroxylation is 1. The Bertz CT molecular complexity index is 608. The van der Waals surface area contributed by atoms with Gasteiger partial charge in [0.25, 0.3) is 0 Å². The lowest BCUT2D eigenvalue weighted by molar-refractivity contribution is -0.139. The Labute approximate surface area is 170 Å². The SMILES string of the molecule is CCN(CC1CCN(CCc2ccccc2C)CC1)C(=O)CCN1CCCO1. The van der Waals surface area contributed by atoms with Crippen LogP contribution in [0.25, 0.3) is 0 Å². The first-order chi connectivity index (χ1) is 13.7. The van der Waals surface area contributed by atoms with Crippen LogP contribution >= 0.6 is 0 Å². The minimum Gasteiger partial charge on any atom is -0.343 e. The highest BCUT2D eigenvalue weighted by molar-refractivity contribution is 5.76. The van der Waals surface area contributed by atoms with Gasteiger partial charge in [-0.05, 0) is 69.7 Å². The molecule has 2 aliphatic rings. The summed E-state index contributed by atoms with van der Waals surface area (Å²) in [5.41, 5.74) is 2.86. The fourth-order valence-electron chi connectivity index (χ4n) is 4.33. The Hall–Kier alpha value is -1.43. The molecule has 0 atom stereocenters. The van der Waals surface area contributed by atoms with Crippen LogP contribution in [0.1, 0.15) is 43.7 Å². The summed E-state index contributed by atoms with van der Waals surface area (Å²) >= 11 is 0. The highest BCUT2D eigenvalue weighted by atomic mass is 16.7. The Kier molecular flexibility index (Phi) is 8.31. The van der Waals surface area contributed by atoms with Crippen molar-refractivity contribution in [2.24, 2.45) is 5.92 Å². The van der Waals surface area contributed by atoms with E-state index < -0.39 is 0 Å². The minimum atomic E-state index is 0.278. The molecule has 5 heteroatoms. The Morgan fingerprint density at radius 2 is 1.96 bits per heavy atom. The molecule has 1 amide bonds. The van der Waals surface area contributed by atoms with Crippen molar-refractivity contribution in [3.8, 4) is 0 Å². The van der Waals surface area contributed by atoms with Gasteiger partial charge in [-0.3, -0.25) is 9.63 Å². The smallest absolute Gasteiger partial charge is 0.223 e. The summed E-state index contributed by atoms with van der Waals surface area (Å²) in [6.45, 7) is 12.0. The van der Waals surface area contributed by atoms with Gasteiger partial charge >= 0.3 is 0 Å². The van der Waals surface area contributed by atoms with E-state index in [1.807, 2.05) is 5.06 Å². The van der Waals surface area contributed by atoms with Gasteiger partial charge in [-0.15, -0.1) is 0 Å². The van der Waals surface area contributed by atoms with Gasteiger partial charge in [0.05, 0.1) is 6.61 Å². The molecule has 0 radical (unpaired) electrons. The summed E-state index contributed by atoms with van der Waals surface area (Å²) in [4.78, 5) is 22.7. The molecule has 0 spiro atoms. The number of hydroxylamine groups is 2. The van der Waals surface area contributed by atoms with Crippen LogP contribution < -0.4 is 0 Å². The van der Waals surface area contributed by atoms with Crippen molar-refractivity contribution < 1.29 is 9.63 Å². The summed E-state index contributed by atoms with van der Waals surface area (Å²) < 4.78 is 0. The number of rotatable bonds is 9. The maximum absolute atomic E-state index is 12.6. The molecule has 2 aliphatic heterocycles. The molecule has 0 aliphatic carbocycles. The second kappa shape index (κ2) is 10.9. The highest BCUT2D eigenvalue weighted by Crippen LogP contribution is 2.20. The molecule has 3 rings (SSSR count). The number of benzene rings is 1. The summed E-state index contributed by atoms with van der Waals surface area (Å²) in [5.74, 6) is 0.918. The fraction of sp³-hybridized carbons (Fsp3) is 0.696. The van der Waals surface area contributed by atoms with Crippen molar-refractivity contribution in [3.05, 3.63) is 35.4 Å². The van der Waals surface area contributed by atoms with Crippen LogP contribution in [0, 0.1) is 12.8 Å². The maximum atomic E-state index is 12.6. The Morgan fingerprint density at radius 3 is 2.64 bits per heavy atom. The molecule has 2 fully saturated rings. The third kappa shape index (κ3) is 6.29. The van der Waals surface area contributed by atoms with Gasteiger partial charge in [0, 0.05) is 39.1 Å². The quantitative estimate of drug-likeness (QED) is 0.652. The van der Waals surface area contributed by atoms with E-state index in [2.05, 4.69) is 47.9 Å². The number of carbonyl (C=O) groups excluding carboxylic acids is 1. The van der Waals surface area contributed by atoms with Crippen LogP contribution in [0.3, 0.4) is 0 Å². The molecule has 0 unspecified atom stereocenters. The van der Waals surface area contributed by atoms with Crippen LogP contribution in [0.2, 0.25) is 0 Å². The number of hydrogen-bond acceptors (Lipinski definition) is 4. The van der Waals surface area contributed by atoms with Gasteiger partial charge in [0.1, 0.15) is 0 Å². The first-order valence-electron chi connectivity index (χ1n) is 11.1. The van der Waals surface area contributed by atoms with Gasteiger partial charge in [-0.1, -0.05) is 24.3 Å². The molecular formula is C23H37N3O2. The first-order valence-corrected chi connectivity index (χ1v) is 11.1. The lowest BCUT2D eigenvalue weighted by Gasteiger charge is -2.35. The average molecular weight is 388 g/mol. The first kappa shape index (κ1) is 21.3. The third-order valence-electron chi connectivity index (χ3n) is 6.28. The lowest BCUT2D eigenvalue weighted by Crippen LogP contribution is -2.42. The monoisotopic (exact) mass is 387 g/mol. The number of piperidine rings is 1. The molecule has 2 heterocycles. The van der Waals surface area contributed by atoms with Crippen LogP contribution in [0.5, 0.6) is 0 Å². The second-order valence-electron chi connectivity index (χ2n) is 8.26. The average Bonchev–Trinajstić information content (AvgIpc) is 3.24. The van der Waals surface area contributed by atoms with Crippen molar-refractivity contribution in [2.45, 2.75) is 46.0 Å². The Balaban J connectivity index is 1.36. The number of carbonyl (C=O) groups is 1. The van der Waals surface area contributed by atoms with Gasteiger partial charge in [-0.2, -0.15) is 5.06 Å². The van der Waals surface area contributed by atoms with Crippen molar-refractivity contribution in [2.75, 3.05) is 52.4 Å². The van der Waals surface area contributed by atoms with Crippen molar-refractivity contribution in [1.82, 2.24) is 14.9 Å². The maximum Gasteiger partial charge on any atom is 0.223 e. The standard InChI is InChI=1S/C23H37N3O2/c1-3-25(23(27)12-17-26-13-6-18-28-26)19-21-9-14-24(15-10-21)16-11-22-8-5-4-7-20(22)2/h4-5,7-8,21H,3,6,9-19H2,1-2H3.